The molecule has 4 aromatic rings. The fourth-order valence-corrected chi connectivity index (χ4v) is 5.66. The van der Waals surface area contributed by atoms with Gasteiger partial charge >= 0.3 is 6.11 Å². The summed E-state index contributed by atoms with van der Waals surface area (Å²) in [6.45, 7) is 2.11. The van der Waals surface area contributed by atoms with Crippen LogP contribution in [0.1, 0.15) is 48.4 Å². The summed E-state index contributed by atoms with van der Waals surface area (Å²) in [5, 5.41) is 0. The van der Waals surface area contributed by atoms with Gasteiger partial charge in [-0.05, 0) is 77.3 Å². The Kier molecular flexibility index (Phi) is 9.00. The van der Waals surface area contributed by atoms with Crippen molar-refractivity contribution in [2.24, 2.45) is 5.92 Å². The number of hydrogen-bond donors (Lipinski definition) is 0. The first-order valence-corrected chi connectivity index (χ1v) is 14.0. The van der Waals surface area contributed by atoms with E-state index in [4.69, 9.17) is 0 Å². The maximum Gasteiger partial charge on any atom is 0.432 e. The highest BCUT2D eigenvalue weighted by Gasteiger charge is 2.42. The highest BCUT2D eigenvalue weighted by Crippen LogP contribution is 2.40. The Bertz CT molecular complexity index is 1720. The Morgan fingerprint density at radius 3 is 1.89 bits per heavy atom. The number of rotatable bonds is 9. The molecule has 1 atom stereocenters. The molecule has 5 rings (SSSR count). The minimum atomic E-state index is -4.89. The molecule has 0 saturated carbocycles. The second kappa shape index (κ2) is 12.6. The van der Waals surface area contributed by atoms with Gasteiger partial charge in [-0.3, -0.25) is 0 Å². The lowest BCUT2D eigenvalue weighted by Gasteiger charge is -2.20. The summed E-state index contributed by atoms with van der Waals surface area (Å²) in [5.74, 6) is -10.6. The normalized spacial score (nSPS) is 14.4. The Labute approximate surface area is 251 Å². The third-order valence-corrected chi connectivity index (χ3v) is 7.74. The van der Waals surface area contributed by atoms with Crippen LogP contribution in [0.5, 0.6) is 5.75 Å². The SMILES string of the molecule is CCCCC1Cc2ccc(-c3cc(F)c(-c4cc(F)c(C(F)(F)Oc5cc(F)c(C=C(F)F)c(F)c5)c(F)c4)c(F)c3)cc2C1. The summed E-state index contributed by atoms with van der Waals surface area (Å²) in [7, 11) is 0. The molecule has 0 saturated heterocycles. The van der Waals surface area contributed by atoms with E-state index in [2.05, 4.69) is 11.7 Å². The average Bonchev–Trinajstić information content (AvgIpc) is 3.35. The van der Waals surface area contributed by atoms with Gasteiger partial charge in [0.05, 0.1) is 11.1 Å². The fraction of sp³-hybridized carbons (Fsp3) is 0.235. The molecule has 11 heteroatoms. The second-order valence-electron chi connectivity index (χ2n) is 10.9. The van der Waals surface area contributed by atoms with Gasteiger partial charge in [-0.2, -0.15) is 17.6 Å². The van der Waals surface area contributed by atoms with Gasteiger partial charge in [0.25, 0.3) is 6.08 Å². The van der Waals surface area contributed by atoms with E-state index in [1.165, 1.54) is 5.56 Å². The number of alkyl halides is 2. The molecule has 236 valence electrons. The lowest BCUT2D eigenvalue weighted by molar-refractivity contribution is -0.189. The lowest BCUT2D eigenvalue weighted by atomic mass is 9.96. The van der Waals surface area contributed by atoms with Gasteiger partial charge in [-0.15, -0.1) is 0 Å². The first-order chi connectivity index (χ1) is 21.3. The quantitative estimate of drug-likeness (QED) is 0.166. The van der Waals surface area contributed by atoms with Gasteiger partial charge in [0.1, 0.15) is 46.2 Å². The molecule has 0 aromatic heterocycles. The number of ether oxygens (including phenoxy) is 1. The smallest absolute Gasteiger partial charge is 0.429 e. The average molecular weight is 639 g/mol. The van der Waals surface area contributed by atoms with Crippen LogP contribution in [-0.2, 0) is 19.0 Å². The van der Waals surface area contributed by atoms with Crippen LogP contribution in [0.4, 0.5) is 43.9 Å². The van der Waals surface area contributed by atoms with Crippen LogP contribution in [0.15, 0.2) is 60.7 Å². The maximum atomic E-state index is 15.3. The van der Waals surface area contributed by atoms with E-state index in [0.717, 1.165) is 49.8 Å². The third kappa shape index (κ3) is 6.72. The number of hydrogen-bond acceptors (Lipinski definition) is 1. The van der Waals surface area contributed by atoms with Crippen LogP contribution >= 0.6 is 0 Å². The standard InChI is InChI=1S/C34H24F10O/c1-2-3-4-17-7-18-5-6-19(9-20(18)8-17)21-10-27(37)32(28(38)11-21)22-12-29(39)33(30(40)13-22)34(43,44)45-23-14-25(35)24(16-31(41)42)26(36)15-23/h5-6,9-17H,2-4,7-8H2,1H3. The predicted octanol–water partition coefficient (Wildman–Crippen LogP) is 11.1. The van der Waals surface area contributed by atoms with Gasteiger partial charge in [0.15, 0.2) is 0 Å². The zero-order chi connectivity index (χ0) is 32.6. The minimum Gasteiger partial charge on any atom is -0.429 e. The van der Waals surface area contributed by atoms with E-state index in [-0.39, 0.29) is 35.9 Å². The monoisotopic (exact) mass is 638 g/mol. The van der Waals surface area contributed by atoms with Crippen molar-refractivity contribution in [3.05, 3.63) is 118 Å². The molecule has 0 spiro atoms. The van der Waals surface area contributed by atoms with E-state index in [0.29, 0.717) is 11.5 Å². The van der Waals surface area contributed by atoms with Crippen molar-refractivity contribution in [3.63, 3.8) is 0 Å². The van der Waals surface area contributed by atoms with Crippen molar-refractivity contribution < 1.29 is 48.6 Å². The Hall–Kier alpha value is -4.28. The molecular formula is C34H24F10O. The molecule has 0 fully saturated rings. The molecule has 0 heterocycles. The zero-order valence-electron chi connectivity index (χ0n) is 23.6. The van der Waals surface area contributed by atoms with Crippen LogP contribution < -0.4 is 4.74 Å². The summed E-state index contributed by atoms with van der Waals surface area (Å²) >= 11 is 0. The van der Waals surface area contributed by atoms with Gasteiger partial charge < -0.3 is 4.74 Å². The molecule has 0 N–H and O–H groups in total. The number of fused-ring (bicyclic) bond motifs is 1. The summed E-state index contributed by atoms with van der Waals surface area (Å²) in [5.41, 5.74) is -1.93. The van der Waals surface area contributed by atoms with Crippen LogP contribution in [0.3, 0.4) is 0 Å². The van der Waals surface area contributed by atoms with Gasteiger partial charge in [-0.25, -0.2) is 26.3 Å². The molecular weight excluding hydrogens is 614 g/mol. The Morgan fingerprint density at radius 1 is 0.733 bits per heavy atom. The summed E-state index contributed by atoms with van der Waals surface area (Å²) in [4.78, 5) is 0. The van der Waals surface area contributed by atoms with Gasteiger partial charge in [-0.1, -0.05) is 38.0 Å². The van der Waals surface area contributed by atoms with Crippen molar-refractivity contribution in [3.8, 4) is 28.0 Å². The third-order valence-electron chi connectivity index (χ3n) is 7.74. The summed E-state index contributed by atoms with van der Waals surface area (Å²) in [6.07, 6.45) is -2.52. The first-order valence-electron chi connectivity index (χ1n) is 14.0. The highest BCUT2D eigenvalue weighted by molar-refractivity contribution is 5.73. The molecule has 4 aromatic carbocycles. The molecule has 0 bridgehead atoms. The van der Waals surface area contributed by atoms with E-state index in [1.807, 2.05) is 12.1 Å². The summed E-state index contributed by atoms with van der Waals surface area (Å²) in [6, 6.07) is 8.21. The van der Waals surface area contributed by atoms with Gasteiger partial charge in [0.2, 0.25) is 0 Å². The number of benzene rings is 4. The lowest BCUT2D eigenvalue weighted by Crippen LogP contribution is -2.25. The largest absolute Gasteiger partial charge is 0.432 e. The van der Waals surface area contributed by atoms with E-state index < -0.39 is 75.1 Å². The first kappa shape index (κ1) is 32.1. The summed E-state index contributed by atoms with van der Waals surface area (Å²) < 4.78 is 147. The maximum absolute atomic E-state index is 15.3. The van der Waals surface area contributed by atoms with Crippen molar-refractivity contribution in [1.82, 2.24) is 0 Å². The number of halogens is 10. The minimum absolute atomic E-state index is 0.119. The molecule has 1 unspecified atom stereocenters. The van der Waals surface area contributed by atoms with Crippen LogP contribution in [0, 0.1) is 40.8 Å². The molecule has 45 heavy (non-hydrogen) atoms. The molecule has 0 aliphatic heterocycles. The number of unbranched alkanes of at least 4 members (excludes halogenated alkanes) is 1. The van der Waals surface area contributed by atoms with Crippen LogP contribution in [-0.4, -0.2) is 0 Å². The van der Waals surface area contributed by atoms with Crippen LogP contribution in [0.25, 0.3) is 28.3 Å². The molecule has 1 aliphatic carbocycles. The van der Waals surface area contributed by atoms with Crippen molar-refractivity contribution in [2.75, 3.05) is 0 Å². The highest BCUT2D eigenvalue weighted by atomic mass is 19.3. The Balaban J connectivity index is 1.42. The molecule has 0 amide bonds. The fourth-order valence-electron chi connectivity index (χ4n) is 5.66. The van der Waals surface area contributed by atoms with Crippen molar-refractivity contribution in [2.45, 2.75) is 45.1 Å². The van der Waals surface area contributed by atoms with Crippen molar-refractivity contribution >= 4 is 6.08 Å². The predicted molar refractivity (Wildman–Crippen MR) is 149 cm³/mol. The molecule has 1 nitrogen and oxygen atoms in total. The second-order valence-corrected chi connectivity index (χ2v) is 10.9. The zero-order valence-corrected chi connectivity index (χ0v) is 23.6. The molecule has 1 aliphatic rings. The van der Waals surface area contributed by atoms with E-state index in [1.54, 1.807) is 6.07 Å². The van der Waals surface area contributed by atoms with E-state index >= 15 is 8.78 Å². The van der Waals surface area contributed by atoms with E-state index in [9.17, 15) is 35.1 Å². The van der Waals surface area contributed by atoms with Gasteiger partial charge in [0, 0.05) is 18.2 Å². The topological polar surface area (TPSA) is 9.23 Å². The molecule has 0 radical (unpaired) electrons. The Morgan fingerprint density at radius 2 is 1.31 bits per heavy atom. The van der Waals surface area contributed by atoms with Crippen LogP contribution in [0.2, 0.25) is 0 Å². The van der Waals surface area contributed by atoms with Crippen molar-refractivity contribution in [1.29, 1.82) is 0 Å².